The van der Waals surface area contributed by atoms with Crippen LogP contribution in [0.3, 0.4) is 0 Å². The molecule has 5 nitrogen and oxygen atoms in total. The van der Waals surface area contributed by atoms with Crippen LogP contribution in [-0.4, -0.2) is 33.3 Å². The van der Waals surface area contributed by atoms with Gasteiger partial charge in [0, 0.05) is 5.56 Å². The van der Waals surface area contributed by atoms with Crippen LogP contribution in [0.2, 0.25) is 0 Å². The lowest BCUT2D eigenvalue weighted by molar-refractivity contribution is 0.201. The first-order chi connectivity index (χ1) is 10.9. The van der Waals surface area contributed by atoms with Crippen molar-refractivity contribution in [2.45, 2.75) is 0 Å². The Morgan fingerprint density at radius 2 is 1.32 bits per heavy atom. The van der Waals surface area contributed by atoms with Gasteiger partial charge >= 0.3 is 0 Å². The normalized spacial score (nSPS) is 10.4. The van der Waals surface area contributed by atoms with E-state index in [-0.39, 0.29) is 6.61 Å². The maximum absolute atomic E-state index is 8.74. The van der Waals surface area contributed by atoms with E-state index in [0.29, 0.717) is 12.4 Å². The van der Waals surface area contributed by atoms with Gasteiger partial charge in [-0.15, -0.1) is 0 Å². The minimum Gasteiger partial charge on any atom is -0.491 e. The highest BCUT2D eigenvalue weighted by molar-refractivity contribution is 5.68. The van der Waals surface area contributed by atoms with Crippen LogP contribution in [0.15, 0.2) is 61.2 Å². The number of nitrogens with zero attached hydrogens (tertiary/aromatic N) is 3. The molecule has 0 fully saturated rings. The van der Waals surface area contributed by atoms with Crippen LogP contribution in [0, 0.1) is 0 Å². The first-order valence-electron chi connectivity index (χ1n) is 6.93. The zero-order valence-corrected chi connectivity index (χ0v) is 11.9. The van der Waals surface area contributed by atoms with Crippen LogP contribution in [0.1, 0.15) is 0 Å². The number of benzene rings is 2. The van der Waals surface area contributed by atoms with Gasteiger partial charge in [-0.1, -0.05) is 36.4 Å². The van der Waals surface area contributed by atoms with Crippen molar-refractivity contribution in [3.63, 3.8) is 0 Å². The van der Waals surface area contributed by atoms with Gasteiger partial charge in [0.25, 0.3) is 0 Å². The number of aliphatic hydroxyl groups is 1. The molecule has 3 aromatic rings. The van der Waals surface area contributed by atoms with Gasteiger partial charge in [0.2, 0.25) is 0 Å². The minimum atomic E-state index is 0.0142. The lowest BCUT2D eigenvalue weighted by atomic mass is 10.0. The molecule has 0 atom stereocenters. The third kappa shape index (κ3) is 3.27. The maximum Gasteiger partial charge on any atom is 0.162 e. The summed E-state index contributed by atoms with van der Waals surface area (Å²) >= 11 is 0. The number of hydrogen-bond donors (Lipinski definition) is 1. The average Bonchev–Trinajstić information content (AvgIpc) is 2.61. The Bertz CT molecular complexity index is 713. The molecule has 0 amide bonds. The monoisotopic (exact) mass is 293 g/mol. The lowest BCUT2D eigenvalue weighted by Crippen LogP contribution is -2.01. The highest BCUT2D eigenvalue weighted by atomic mass is 16.5. The molecular weight excluding hydrogens is 278 g/mol. The number of hydrogen-bond acceptors (Lipinski definition) is 5. The van der Waals surface area contributed by atoms with Crippen molar-refractivity contribution in [3.05, 3.63) is 61.2 Å². The van der Waals surface area contributed by atoms with Crippen LogP contribution >= 0.6 is 0 Å². The molecular formula is C17H15N3O2. The fourth-order valence-electron chi connectivity index (χ4n) is 2.11. The van der Waals surface area contributed by atoms with Gasteiger partial charge in [-0.25, -0.2) is 15.0 Å². The van der Waals surface area contributed by atoms with E-state index in [4.69, 9.17) is 9.84 Å². The van der Waals surface area contributed by atoms with E-state index < -0.39 is 0 Å². The highest BCUT2D eigenvalue weighted by Crippen LogP contribution is 2.24. The third-order valence-corrected chi connectivity index (χ3v) is 3.18. The maximum atomic E-state index is 8.74. The quantitative estimate of drug-likeness (QED) is 0.783. The van der Waals surface area contributed by atoms with Crippen molar-refractivity contribution in [1.82, 2.24) is 15.0 Å². The highest BCUT2D eigenvalue weighted by Gasteiger charge is 2.02. The van der Waals surface area contributed by atoms with Gasteiger partial charge in [-0.05, 0) is 23.3 Å². The Balaban J connectivity index is 1.78. The average molecular weight is 293 g/mol. The predicted molar refractivity (Wildman–Crippen MR) is 83.3 cm³/mol. The molecule has 5 heteroatoms. The van der Waals surface area contributed by atoms with E-state index in [9.17, 15) is 0 Å². The van der Waals surface area contributed by atoms with Crippen LogP contribution in [0.5, 0.6) is 5.75 Å². The van der Waals surface area contributed by atoms with Crippen LogP contribution < -0.4 is 4.74 Å². The zero-order chi connectivity index (χ0) is 15.2. The molecule has 0 spiro atoms. The van der Waals surface area contributed by atoms with Gasteiger partial charge in [-0.2, -0.15) is 0 Å². The SMILES string of the molecule is OCCOc1ccc(-c2ccc(-c3ncncn3)cc2)cc1. The van der Waals surface area contributed by atoms with Crippen molar-refractivity contribution in [3.8, 4) is 28.3 Å². The molecule has 0 saturated heterocycles. The first-order valence-corrected chi connectivity index (χ1v) is 6.93. The summed E-state index contributed by atoms with van der Waals surface area (Å²) in [6.45, 7) is 0.320. The van der Waals surface area contributed by atoms with Crippen molar-refractivity contribution < 1.29 is 9.84 Å². The van der Waals surface area contributed by atoms with Gasteiger partial charge in [0.1, 0.15) is 25.0 Å². The molecule has 110 valence electrons. The number of ether oxygens (including phenoxy) is 1. The van der Waals surface area contributed by atoms with E-state index in [2.05, 4.69) is 15.0 Å². The van der Waals surface area contributed by atoms with E-state index in [1.807, 2.05) is 48.5 Å². The molecule has 0 unspecified atom stereocenters. The summed E-state index contributed by atoms with van der Waals surface area (Å²) in [4.78, 5) is 12.1. The molecule has 0 saturated carbocycles. The van der Waals surface area contributed by atoms with Crippen LogP contribution in [0.4, 0.5) is 0 Å². The number of aromatic nitrogens is 3. The molecule has 1 heterocycles. The Kier molecular flexibility index (Phi) is 4.36. The fraction of sp³-hybridized carbons (Fsp3) is 0.118. The Hall–Kier alpha value is -2.79. The van der Waals surface area contributed by atoms with Crippen LogP contribution in [-0.2, 0) is 0 Å². The zero-order valence-electron chi connectivity index (χ0n) is 11.9. The summed E-state index contributed by atoms with van der Waals surface area (Å²) in [6, 6.07) is 15.8. The van der Waals surface area contributed by atoms with Crippen LogP contribution in [0.25, 0.3) is 22.5 Å². The third-order valence-electron chi connectivity index (χ3n) is 3.18. The van der Waals surface area contributed by atoms with Crippen molar-refractivity contribution >= 4 is 0 Å². The topological polar surface area (TPSA) is 68.1 Å². The van der Waals surface area contributed by atoms with E-state index in [1.54, 1.807) is 0 Å². The number of rotatable bonds is 5. The van der Waals surface area contributed by atoms with Gasteiger partial charge < -0.3 is 9.84 Å². The molecule has 0 aliphatic carbocycles. The molecule has 0 bridgehead atoms. The van der Waals surface area contributed by atoms with Gasteiger partial charge in [-0.3, -0.25) is 0 Å². The fourth-order valence-corrected chi connectivity index (χ4v) is 2.11. The second-order valence-corrected chi connectivity index (χ2v) is 4.64. The summed E-state index contributed by atoms with van der Waals surface area (Å²) in [5, 5.41) is 8.74. The molecule has 3 rings (SSSR count). The molecule has 0 aliphatic rings. The van der Waals surface area contributed by atoms with Crippen molar-refractivity contribution in [2.24, 2.45) is 0 Å². The molecule has 1 N–H and O–H groups in total. The van der Waals surface area contributed by atoms with Crippen molar-refractivity contribution in [1.29, 1.82) is 0 Å². The smallest absolute Gasteiger partial charge is 0.162 e. The standard InChI is InChI=1S/C17H15N3O2/c21-9-10-22-16-7-5-14(6-8-16)13-1-3-15(4-2-13)17-19-11-18-12-20-17/h1-8,11-12,21H,9-10H2. The lowest BCUT2D eigenvalue weighted by Gasteiger charge is -2.06. The number of aliphatic hydroxyl groups excluding tert-OH is 1. The van der Waals surface area contributed by atoms with E-state index in [0.717, 1.165) is 22.4 Å². The Morgan fingerprint density at radius 1 is 0.773 bits per heavy atom. The second-order valence-electron chi connectivity index (χ2n) is 4.64. The summed E-state index contributed by atoms with van der Waals surface area (Å²) in [6.07, 6.45) is 2.97. The minimum absolute atomic E-state index is 0.0142. The predicted octanol–water partition coefficient (Wildman–Crippen LogP) is 2.58. The largest absolute Gasteiger partial charge is 0.491 e. The Morgan fingerprint density at radius 3 is 1.91 bits per heavy atom. The summed E-state index contributed by atoms with van der Waals surface area (Å²) in [5.41, 5.74) is 3.15. The molecule has 0 aliphatic heterocycles. The van der Waals surface area contributed by atoms with Crippen molar-refractivity contribution in [2.75, 3.05) is 13.2 Å². The Labute approximate surface area is 128 Å². The molecule has 0 radical (unpaired) electrons. The van der Waals surface area contributed by atoms with Gasteiger partial charge in [0.05, 0.1) is 6.61 Å². The van der Waals surface area contributed by atoms with Gasteiger partial charge in [0.15, 0.2) is 5.82 Å². The molecule has 2 aromatic carbocycles. The first kappa shape index (κ1) is 14.2. The summed E-state index contributed by atoms with van der Waals surface area (Å²) in [7, 11) is 0. The summed E-state index contributed by atoms with van der Waals surface area (Å²) < 4.78 is 5.35. The van der Waals surface area contributed by atoms with E-state index >= 15 is 0 Å². The molecule has 22 heavy (non-hydrogen) atoms. The van der Waals surface area contributed by atoms with E-state index in [1.165, 1.54) is 12.7 Å². The second kappa shape index (κ2) is 6.78. The molecule has 1 aromatic heterocycles. The summed E-state index contributed by atoms with van der Waals surface area (Å²) in [5.74, 6) is 1.41.